The Balaban J connectivity index is 3.67. The molecule has 0 saturated carbocycles. The summed E-state index contributed by atoms with van der Waals surface area (Å²) >= 11 is 0. The van der Waals surface area contributed by atoms with Crippen molar-refractivity contribution in [1.29, 1.82) is 0 Å². The number of rotatable bonds is 17. The van der Waals surface area contributed by atoms with E-state index in [1.807, 2.05) is 6.08 Å². The summed E-state index contributed by atoms with van der Waals surface area (Å²) < 4.78 is 0. The van der Waals surface area contributed by atoms with Crippen LogP contribution in [0.25, 0.3) is 0 Å². The van der Waals surface area contributed by atoms with E-state index < -0.39 is 0 Å². The average Bonchev–Trinajstić information content (AvgIpc) is 2.57. The van der Waals surface area contributed by atoms with Gasteiger partial charge in [0.2, 0.25) is 5.91 Å². The predicted octanol–water partition coefficient (Wildman–Crippen LogP) is 3.67. The quantitative estimate of drug-likeness (QED) is 0.314. The van der Waals surface area contributed by atoms with Crippen LogP contribution in [0.2, 0.25) is 0 Å². The summed E-state index contributed by atoms with van der Waals surface area (Å²) in [5.74, 6) is 0.143. The van der Waals surface area contributed by atoms with Crippen LogP contribution in [0.1, 0.15) is 64.7 Å². The van der Waals surface area contributed by atoms with Crippen molar-refractivity contribution in [2.75, 3.05) is 32.8 Å². The van der Waals surface area contributed by atoms with Crippen molar-refractivity contribution in [3.63, 3.8) is 0 Å². The molecule has 0 aliphatic carbocycles. The van der Waals surface area contributed by atoms with Crippen LogP contribution in [0.4, 0.5) is 0 Å². The number of nitrogens with zero attached hydrogens (tertiary/aromatic N) is 1. The van der Waals surface area contributed by atoms with Gasteiger partial charge in [-0.1, -0.05) is 31.1 Å². The zero-order chi connectivity index (χ0) is 17.9. The second-order valence-electron chi connectivity index (χ2n) is 6.22. The van der Waals surface area contributed by atoms with Crippen molar-refractivity contribution in [3.05, 3.63) is 24.8 Å². The molecule has 24 heavy (non-hydrogen) atoms. The summed E-state index contributed by atoms with van der Waals surface area (Å²) in [6, 6.07) is 0. The van der Waals surface area contributed by atoms with Crippen LogP contribution in [0.5, 0.6) is 0 Å². The summed E-state index contributed by atoms with van der Waals surface area (Å²) in [6.07, 6.45) is 15.8. The molecule has 0 aliphatic rings. The third kappa shape index (κ3) is 15.8. The van der Waals surface area contributed by atoms with Crippen molar-refractivity contribution in [2.24, 2.45) is 0 Å². The van der Waals surface area contributed by atoms with Crippen molar-refractivity contribution in [3.8, 4) is 0 Å². The molecule has 4 nitrogen and oxygen atoms in total. The first-order chi connectivity index (χ1) is 11.7. The molecule has 2 N–H and O–H groups in total. The number of nitrogens with one attached hydrogen (secondary N) is 1. The lowest BCUT2D eigenvalue weighted by molar-refractivity contribution is -0.121. The fourth-order valence-electron chi connectivity index (χ4n) is 2.61. The molecule has 140 valence electrons. The highest BCUT2D eigenvalue weighted by molar-refractivity contribution is 5.75. The number of aliphatic hydroxyl groups is 1. The molecule has 0 saturated heterocycles. The fourth-order valence-corrected chi connectivity index (χ4v) is 2.61. The lowest BCUT2D eigenvalue weighted by Gasteiger charge is -2.21. The number of aliphatic hydroxyl groups excluding tert-OH is 1. The van der Waals surface area contributed by atoms with Crippen LogP contribution in [0.15, 0.2) is 24.8 Å². The molecule has 0 radical (unpaired) electrons. The van der Waals surface area contributed by atoms with Gasteiger partial charge < -0.3 is 10.4 Å². The highest BCUT2D eigenvalue weighted by Crippen LogP contribution is 2.04. The smallest absolute Gasteiger partial charge is 0.220 e. The number of unbranched alkanes of at least 4 members (excludes halogenated alkanes) is 6. The van der Waals surface area contributed by atoms with Crippen molar-refractivity contribution >= 4 is 5.91 Å². The highest BCUT2D eigenvalue weighted by Gasteiger charge is 2.05. The Morgan fingerprint density at radius 2 is 1.79 bits per heavy atom. The van der Waals surface area contributed by atoms with E-state index in [0.717, 1.165) is 51.6 Å². The molecule has 0 bridgehead atoms. The highest BCUT2D eigenvalue weighted by atomic mass is 16.3. The standard InChI is InChI=1S/C20H38N2O2/c1-3-5-7-9-11-13-16-22(18-19-23)17-15-21-20(24)14-12-10-8-6-4-2/h3-5,23H,2,6-19H2,1H3,(H,21,24)/b5-3+. The normalized spacial score (nSPS) is 11.3. The van der Waals surface area contributed by atoms with Crippen molar-refractivity contribution in [2.45, 2.75) is 64.7 Å². The molecule has 0 heterocycles. The molecule has 1 amide bonds. The van der Waals surface area contributed by atoms with E-state index >= 15 is 0 Å². The van der Waals surface area contributed by atoms with Crippen LogP contribution in [-0.2, 0) is 4.79 Å². The van der Waals surface area contributed by atoms with Gasteiger partial charge in [-0.05, 0) is 52.0 Å². The molecule has 4 heteroatoms. The topological polar surface area (TPSA) is 52.6 Å². The summed E-state index contributed by atoms with van der Waals surface area (Å²) in [6.45, 7) is 9.10. The van der Waals surface area contributed by atoms with E-state index in [9.17, 15) is 4.79 Å². The van der Waals surface area contributed by atoms with Crippen LogP contribution >= 0.6 is 0 Å². The number of hydrogen-bond donors (Lipinski definition) is 2. The Kier molecular flexibility index (Phi) is 17.4. The van der Waals surface area contributed by atoms with Gasteiger partial charge in [-0.15, -0.1) is 6.58 Å². The summed E-state index contributed by atoms with van der Waals surface area (Å²) in [5, 5.41) is 12.1. The SMILES string of the molecule is C=CCCCCCC(=O)NCCN(CCO)CCCCC/C=C/C. The van der Waals surface area contributed by atoms with Gasteiger partial charge in [0, 0.05) is 26.1 Å². The van der Waals surface area contributed by atoms with Crippen molar-refractivity contribution in [1.82, 2.24) is 10.2 Å². The molecule has 0 fully saturated rings. The van der Waals surface area contributed by atoms with E-state index in [2.05, 4.69) is 35.9 Å². The number of hydrogen-bond acceptors (Lipinski definition) is 3. The number of carbonyl (C=O) groups excluding carboxylic acids is 1. The zero-order valence-electron chi connectivity index (χ0n) is 15.6. The maximum absolute atomic E-state index is 11.8. The van der Waals surface area contributed by atoms with Crippen LogP contribution in [0, 0.1) is 0 Å². The molecule has 0 aromatic carbocycles. The lowest BCUT2D eigenvalue weighted by atomic mass is 10.1. The van der Waals surface area contributed by atoms with Gasteiger partial charge in [0.25, 0.3) is 0 Å². The number of allylic oxidation sites excluding steroid dienone is 3. The first-order valence-corrected chi connectivity index (χ1v) is 9.56. The second kappa shape index (κ2) is 18.2. The Morgan fingerprint density at radius 3 is 2.50 bits per heavy atom. The monoisotopic (exact) mass is 338 g/mol. The Hall–Kier alpha value is -1.13. The van der Waals surface area contributed by atoms with E-state index in [0.29, 0.717) is 19.5 Å². The van der Waals surface area contributed by atoms with Gasteiger partial charge in [0.1, 0.15) is 0 Å². The Bertz CT molecular complexity index is 330. The molecule has 0 aliphatic heterocycles. The van der Waals surface area contributed by atoms with Gasteiger partial charge >= 0.3 is 0 Å². The molecule has 0 atom stereocenters. The largest absolute Gasteiger partial charge is 0.395 e. The summed E-state index contributed by atoms with van der Waals surface area (Å²) in [4.78, 5) is 14.0. The van der Waals surface area contributed by atoms with E-state index in [4.69, 9.17) is 5.11 Å². The zero-order valence-corrected chi connectivity index (χ0v) is 15.6. The molecular weight excluding hydrogens is 300 g/mol. The third-order valence-corrected chi connectivity index (χ3v) is 4.06. The van der Waals surface area contributed by atoms with Gasteiger partial charge in [0.05, 0.1) is 6.61 Å². The molecule has 0 aromatic heterocycles. The van der Waals surface area contributed by atoms with Gasteiger partial charge in [-0.25, -0.2) is 0 Å². The van der Waals surface area contributed by atoms with Crippen LogP contribution in [0.3, 0.4) is 0 Å². The van der Waals surface area contributed by atoms with Crippen LogP contribution < -0.4 is 5.32 Å². The maximum atomic E-state index is 11.8. The summed E-state index contributed by atoms with van der Waals surface area (Å²) in [5.41, 5.74) is 0. The van der Waals surface area contributed by atoms with Gasteiger partial charge in [-0.3, -0.25) is 9.69 Å². The molecular formula is C20H38N2O2. The van der Waals surface area contributed by atoms with E-state index in [1.165, 1.54) is 12.8 Å². The van der Waals surface area contributed by atoms with Gasteiger partial charge in [0.15, 0.2) is 0 Å². The number of carbonyl (C=O) groups is 1. The van der Waals surface area contributed by atoms with E-state index in [1.54, 1.807) is 0 Å². The maximum Gasteiger partial charge on any atom is 0.220 e. The van der Waals surface area contributed by atoms with Gasteiger partial charge in [-0.2, -0.15) is 0 Å². The third-order valence-electron chi connectivity index (χ3n) is 4.06. The molecule has 0 rings (SSSR count). The Morgan fingerprint density at radius 1 is 1.04 bits per heavy atom. The second-order valence-corrected chi connectivity index (χ2v) is 6.22. The molecule has 0 spiro atoms. The van der Waals surface area contributed by atoms with Crippen molar-refractivity contribution < 1.29 is 9.90 Å². The minimum atomic E-state index is 0.143. The lowest BCUT2D eigenvalue weighted by Crippen LogP contribution is -2.36. The average molecular weight is 339 g/mol. The number of amides is 1. The fraction of sp³-hybridized carbons (Fsp3) is 0.750. The first kappa shape index (κ1) is 22.9. The van der Waals surface area contributed by atoms with E-state index in [-0.39, 0.29) is 12.5 Å². The first-order valence-electron chi connectivity index (χ1n) is 9.56. The minimum absolute atomic E-state index is 0.143. The Labute approximate surface area is 149 Å². The van der Waals surface area contributed by atoms with Crippen LogP contribution in [-0.4, -0.2) is 48.7 Å². The minimum Gasteiger partial charge on any atom is -0.395 e. The summed E-state index contributed by atoms with van der Waals surface area (Å²) in [7, 11) is 0. The predicted molar refractivity (Wildman–Crippen MR) is 103 cm³/mol. The molecule has 0 aromatic rings. The molecule has 0 unspecified atom stereocenters.